The second kappa shape index (κ2) is 9.06. The molecule has 2 aliphatic rings. The lowest BCUT2D eigenvalue weighted by molar-refractivity contribution is 0.0730. The number of hydrogen-bond acceptors (Lipinski definition) is 5. The molecule has 2 aromatic carbocycles. The first-order chi connectivity index (χ1) is 15.9. The third kappa shape index (κ3) is 4.50. The molecule has 3 aromatic rings. The molecule has 33 heavy (non-hydrogen) atoms. The number of likely N-dealkylation sites (tertiary alicyclic amines) is 1. The van der Waals surface area contributed by atoms with Crippen molar-refractivity contribution in [2.24, 2.45) is 0 Å². The Hall–Kier alpha value is -2.46. The van der Waals surface area contributed by atoms with E-state index in [1.165, 1.54) is 12.1 Å². The predicted molar refractivity (Wildman–Crippen MR) is 125 cm³/mol. The molecule has 5 rings (SSSR count). The van der Waals surface area contributed by atoms with Gasteiger partial charge in [-0.15, -0.1) is 0 Å². The normalized spacial score (nSPS) is 21.2. The van der Waals surface area contributed by atoms with Gasteiger partial charge in [-0.25, -0.2) is 18.1 Å². The van der Waals surface area contributed by atoms with Gasteiger partial charge in [0.15, 0.2) is 0 Å². The number of rotatable bonds is 6. The van der Waals surface area contributed by atoms with E-state index in [0.717, 1.165) is 42.5 Å². The molecule has 174 valence electrons. The Labute approximate surface area is 197 Å². The zero-order valence-electron chi connectivity index (χ0n) is 18.0. The van der Waals surface area contributed by atoms with Crippen LogP contribution >= 0.6 is 11.6 Å². The number of para-hydroxylation sites is 2. The van der Waals surface area contributed by atoms with E-state index in [1.54, 1.807) is 11.0 Å². The lowest BCUT2D eigenvalue weighted by Crippen LogP contribution is -2.33. The number of H-pyrrole nitrogens is 1. The maximum absolute atomic E-state index is 13.4. The maximum Gasteiger partial charge on any atom is 0.254 e. The van der Waals surface area contributed by atoms with Crippen LogP contribution in [0.4, 0.5) is 0 Å². The van der Waals surface area contributed by atoms with E-state index in [-0.39, 0.29) is 40.1 Å². The quantitative estimate of drug-likeness (QED) is 0.551. The van der Waals surface area contributed by atoms with Crippen LogP contribution < -0.4 is 4.72 Å². The highest BCUT2D eigenvalue weighted by molar-refractivity contribution is 7.89. The van der Waals surface area contributed by atoms with Crippen LogP contribution in [-0.4, -0.2) is 55.0 Å². The van der Waals surface area contributed by atoms with Crippen molar-refractivity contribution in [3.8, 4) is 0 Å². The van der Waals surface area contributed by atoms with Gasteiger partial charge >= 0.3 is 0 Å². The van der Waals surface area contributed by atoms with Gasteiger partial charge < -0.3 is 14.6 Å². The van der Waals surface area contributed by atoms with Gasteiger partial charge in [-0.05, 0) is 56.0 Å². The van der Waals surface area contributed by atoms with Gasteiger partial charge in [-0.3, -0.25) is 4.79 Å². The number of aromatic nitrogens is 2. The molecule has 2 atom stereocenters. The predicted octanol–water partition coefficient (Wildman–Crippen LogP) is 3.65. The first-order valence-electron chi connectivity index (χ1n) is 11.1. The van der Waals surface area contributed by atoms with Gasteiger partial charge in [0.25, 0.3) is 5.91 Å². The van der Waals surface area contributed by atoms with E-state index in [1.807, 2.05) is 24.3 Å². The SMILES string of the molecule is O=C(c1ccc(Cl)c(S(=O)(=O)NC[C@H]2CCCO2)c1)N1CCC[C@H]1c1nc2ccccc2[nH]1. The standard InChI is InChI=1S/C23H25ClN4O4S/c24-17-10-9-15(13-21(17)33(30,31)25-14-16-5-4-12-32-16)23(29)28-11-3-8-20(28)22-26-18-6-1-2-7-19(18)27-22/h1-2,6-7,9-10,13,16,20,25H,3-5,8,11-12,14H2,(H,26,27)/t16-,20+/m1/s1. The second-order valence-corrected chi connectivity index (χ2v) is 10.6. The molecule has 2 aliphatic heterocycles. The summed E-state index contributed by atoms with van der Waals surface area (Å²) in [5.74, 6) is 0.493. The molecule has 0 radical (unpaired) electrons. The summed E-state index contributed by atoms with van der Waals surface area (Å²) in [6, 6.07) is 11.9. The van der Waals surface area contributed by atoms with Crippen molar-refractivity contribution >= 4 is 38.6 Å². The summed E-state index contributed by atoms with van der Waals surface area (Å²) in [5.41, 5.74) is 2.05. The summed E-state index contributed by atoms with van der Waals surface area (Å²) >= 11 is 6.22. The number of amides is 1. The largest absolute Gasteiger partial charge is 0.377 e. The van der Waals surface area contributed by atoms with Crippen molar-refractivity contribution in [2.75, 3.05) is 19.7 Å². The molecular weight excluding hydrogens is 464 g/mol. The third-order valence-electron chi connectivity index (χ3n) is 6.23. The summed E-state index contributed by atoms with van der Waals surface area (Å²) in [4.78, 5) is 23.0. The number of halogens is 1. The highest BCUT2D eigenvalue weighted by Gasteiger charge is 2.33. The molecule has 0 spiro atoms. The summed E-state index contributed by atoms with van der Waals surface area (Å²) in [5, 5.41) is 0.0710. The van der Waals surface area contributed by atoms with Crippen LogP contribution in [0.25, 0.3) is 11.0 Å². The summed E-state index contributed by atoms with van der Waals surface area (Å²) in [6.45, 7) is 1.39. The number of nitrogens with one attached hydrogen (secondary N) is 2. The van der Waals surface area contributed by atoms with E-state index in [0.29, 0.717) is 13.2 Å². The minimum atomic E-state index is -3.89. The molecule has 2 saturated heterocycles. The van der Waals surface area contributed by atoms with Crippen molar-refractivity contribution in [3.63, 3.8) is 0 Å². The number of ether oxygens (including phenoxy) is 1. The van der Waals surface area contributed by atoms with E-state index in [2.05, 4.69) is 14.7 Å². The maximum atomic E-state index is 13.4. The Morgan fingerprint density at radius 2 is 2.06 bits per heavy atom. The van der Waals surface area contributed by atoms with Crippen molar-refractivity contribution in [1.29, 1.82) is 0 Å². The average molecular weight is 489 g/mol. The fourth-order valence-corrected chi connectivity index (χ4v) is 6.11. The number of aromatic amines is 1. The number of benzene rings is 2. The molecule has 1 aromatic heterocycles. The van der Waals surface area contributed by atoms with Crippen molar-refractivity contribution in [2.45, 2.75) is 42.7 Å². The minimum absolute atomic E-state index is 0.0710. The van der Waals surface area contributed by atoms with Gasteiger partial charge in [0.1, 0.15) is 10.7 Å². The number of sulfonamides is 1. The van der Waals surface area contributed by atoms with Crippen LogP contribution in [0.2, 0.25) is 5.02 Å². The minimum Gasteiger partial charge on any atom is -0.377 e. The second-order valence-electron chi connectivity index (χ2n) is 8.43. The lowest BCUT2D eigenvalue weighted by atomic mass is 10.1. The number of nitrogens with zero attached hydrogens (tertiary/aromatic N) is 2. The Morgan fingerprint density at radius 3 is 2.85 bits per heavy atom. The zero-order valence-corrected chi connectivity index (χ0v) is 19.5. The van der Waals surface area contributed by atoms with Crippen LogP contribution in [0, 0.1) is 0 Å². The molecule has 2 N–H and O–H groups in total. The number of carbonyl (C=O) groups excluding carboxylic acids is 1. The smallest absolute Gasteiger partial charge is 0.254 e. The third-order valence-corrected chi connectivity index (χ3v) is 8.13. The number of fused-ring (bicyclic) bond motifs is 1. The molecule has 8 nitrogen and oxygen atoms in total. The fourth-order valence-electron chi connectivity index (χ4n) is 4.52. The van der Waals surface area contributed by atoms with Crippen LogP contribution in [0.1, 0.15) is 47.9 Å². The molecule has 1 amide bonds. The summed E-state index contributed by atoms with van der Waals surface area (Å²) in [7, 11) is -3.89. The van der Waals surface area contributed by atoms with Gasteiger partial charge in [-0.1, -0.05) is 23.7 Å². The Balaban J connectivity index is 1.38. The Kier molecular flexibility index (Phi) is 6.13. The topological polar surface area (TPSA) is 104 Å². The van der Waals surface area contributed by atoms with E-state index < -0.39 is 10.0 Å². The van der Waals surface area contributed by atoms with Crippen LogP contribution in [0.5, 0.6) is 0 Å². The van der Waals surface area contributed by atoms with Crippen LogP contribution in [0.3, 0.4) is 0 Å². The molecule has 0 aliphatic carbocycles. The van der Waals surface area contributed by atoms with Gasteiger partial charge in [-0.2, -0.15) is 0 Å². The van der Waals surface area contributed by atoms with Gasteiger partial charge in [0.2, 0.25) is 10.0 Å². The highest BCUT2D eigenvalue weighted by Crippen LogP contribution is 2.33. The highest BCUT2D eigenvalue weighted by atomic mass is 35.5. The first kappa shape index (κ1) is 22.3. The van der Waals surface area contributed by atoms with Crippen molar-refractivity contribution < 1.29 is 17.9 Å². The monoisotopic (exact) mass is 488 g/mol. The summed E-state index contributed by atoms with van der Waals surface area (Å²) < 4.78 is 33.9. The molecule has 0 saturated carbocycles. The zero-order chi connectivity index (χ0) is 23.0. The number of imidazole rings is 1. The number of hydrogen-bond donors (Lipinski definition) is 2. The molecule has 0 unspecified atom stereocenters. The van der Waals surface area contributed by atoms with E-state index in [4.69, 9.17) is 16.3 Å². The molecule has 0 bridgehead atoms. The van der Waals surface area contributed by atoms with E-state index >= 15 is 0 Å². The fraction of sp³-hybridized carbons (Fsp3) is 0.391. The van der Waals surface area contributed by atoms with Crippen molar-refractivity contribution in [3.05, 3.63) is 58.9 Å². The Bertz CT molecular complexity index is 1250. The van der Waals surface area contributed by atoms with Gasteiger partial charge in [0, 0.05) is 25.3 Å². The first-order valence-corrected chi connectivity index (χ1v) is 12.9. The molecule has 3 heterocycles. The van der Waals surface area contributed by atoms with Crippen LogP contribution in [-0.2, 0) is 14.8 Å². The average Bonchev–Trinajstić information content (AvgIpc) is 3.57. The van der Waals surface area contributed by atoms with E-state index in [9.17, 15) is 13.2 Å². The molecular formula is C23H25ClN4O4S. The molecule has 2 fully saturated rings. The Morgan fingerprint density at radius 1 is 1.21 bits per heavy atom. The number of carbonyl (C=O) groups is 1. The lowest BCUT2D eigenvalue weighted by Gasteiger charge is -2.23. The van der Waals surface area contributed by atoms with Gasteiger partial charge in [0.05, 0.1) is 28.2 Å². The van der Waals surface area contributed by atoms with Crippen LogP contribution in [0.15, 0.2) is 47.4 Å². The summed E-state index contributed by atoms with van der Waals surface area (Å²) in [6.07, 6.45) is 3.21. The molecule has 10 heteroatoms. The van der Waals surface area contributed by atoms with Crippen molar-refractivity contribution in [1.82, 2.24) is 19.6 Å².